The van der Waals surface area contributed by atoms with Gasteiger partial charge in [-0.3, -0.25) is 10.1 Å². The molecule has 0 saturated carbocycles. The van der Waals surface area contributed by atoms with E-state index in [2.05, 4.69) is 57.1 Å². The van der Waals surface area contributed by atoms with Crippen LogP contribution < -0.4 is 10.2 Å². The summed E-state index contributed by atoms with van der Waals surface area (Å²) >= 11 is 3.27. The van der Waals surface area contributed by atoms with Crippen LogP contribution in [0, 0.1) is 21.4 Å². The maximum absolute atomic E-state index is 11.0. The Hall–Kier alpha value is -2.99. The van der Waals surface area contributed by atoms with Crippen LogP contribution in [0.3, 0.4) is 0 Å². The minimum Gasteiger partial charge on any atom is -0.383 e. The number of anilines is 2. The van der Waals surface area contributed by atoms with Gasteiger partial charge in [0.25, 0.3) is 5.69 Å². The van der Waals surface area contributed by atoms with E-state index < -0.39 is 4.92 Å². The van der Waals surface area contributed by atoms with Crippen molar-refractivity contribution < 1.29 is 4.92 Å². The van der Waals surface area contributed by atoms with Gasteiger partial charge in [-0.1, -0.05) is 13.3 Å². The average Bonchev–Trinajstić information content (AvgIpc) is 2.74. The molecule has 0 amide bonds. The molecule has 9 heteroatoms. The highest BCUT2D eigenvalue weighted by Crippen LogP contribution is 2.36. The Balaban J connectivity index is 2.44. The van der Waals surface area contributed by atoms with E-state index in [9.17, 15) is 15.4 Å². The molecule has 0 aliphatic heterocycles. The van der Waals surface area contributed by atoms with E-state index >= 15 is 0 Å². The second kappa shape index (κ2) is 11.3. The van der Waals surface area contributed by atoms with Crippen LogP contribution in [0.4, 0.5) is 28.4 Å². The SMILES string of the molecule is CCCCNc1cc(N(CC)CC)ccc1N=Nc1c(Br)cc([N+](=O)[O-])cc1C#N. The molecule has 0 unspecified atom stereocenters. The van der Waals surface area contributed by atoms with Gasteiger partial charge in [0.15, 0.2) is 0 Å². The van der Waals surface area contributed by atoms with Gasteiger partial charge in [0.05, 0.1) is 20.6 Å². The van der Waals surface area contributed by atoms with Gasteiger partial charge < -0.3 is 10.2 Å². The molecule has 1 N–H and O–H groups in total. The van der Waals surface area contributed by atoms with E-state index in [1.807, 2.05) is 24.3 Å². The first-order chi connectivity index (χ1) is 14.4. The molecule has 2 aromatic carbocycles. The molecule has 0 aliphatic carbocycles. The number of unbranched alkanes of at least 4 members (excludes halogenated alkanes) is 1. The smallest absolute Gasteiger partial charge is 0.272 e. The van der Waals surface area contributed by atoms with Crippen molar-refractivity contribution in [2.75, 3.05) is 29.9 Å². The third-order valence-electron chi connectivity index (χ3n) is 4.59. The maximum Gasteiger partial charge on any atom is 0.272 e. The normalized spacial score (nSPS) is 10.8. The Morgan fingerprint density at radius 2 is 1.93 bits per heavy atom. The number of nitrogens with zero attached hydrogens (tertiary/aromatic N) is 5. The third kappa shape index (κ3) is 5.76. The van der Waals surface area contributed by atoms with Crippen LogP contribution >= 0.6 is 15.9 Å². The number of nitro groups is 1. The van der Waals surface area contributed by atoms with Crippen molar-refractivity contribution in [1.29, 1.82) is 5.26 Å². The molecular formula is C21H25BrN6O2. The first-order valence-corrected chi connectivity index (χ1v) is 10.7. The van der Waals surface area contributed by atoms with Gasteiger partial charge in [-0.05, 0) is 54.4 Å². The van der Waals surface area contributed by atoms with Crippen LogP contribution in [0.25, 0.3) is 0 Å². The van der Waals surface area contributed by atoms with E-state index in [4.69, 9.17) is 0 Å². The topological polar surface area (TPSA) is 107 Å². The summed E-state index contributed by atoms with van der Waals surface area (Å²) in [6.07, 6.45) is 2.10. The Labute approximate surface area is 184 Å². The third-order valence-corrected chi connectivity index (χ3v) is 5.20. The fourth-order valence-electron chi connectivity index (χ4n) is 2.92. The lowest BCUT2D eigenvalue weighted by atomic mass is 10.2. The van der Waals surface area contributed by atoms with Crippen molar-refractivity contribution in [3.8, 4) is 6.07 Å². The number of nitrogens with one attached hydrogen (secondary N) is 1. The second-order valence-electron chi connectivity index (χ2n) is 6.55. The largest absolute Gasteiger partial charge is 0.383 e. The van der Waals surface area contributed by atoms with E-state index in [1.54, 1.807) is 0 Å². The summed E-state index contributed by atoms with van der Waals surface area (Å²) in [6, 6.07) is 10.4. The predicted octanol–water partition coefficient (Wildman–Crippen LogP) is 6.70. The van der Waals surface area contributed by atoms with Crippen molar-refractivity contribution in [3.63, 3.8) is 0 Å². The van der Waals surface area contributed by atoms with Crippen molar-refractivity contribution in [2.45, 2.75) is 33.6 Å². The van der Waals surface area contributed by atoms with Crippen molar-refractivity contribution >= 4 is 44.4 Å². The standard InChI is InChI=1S/C21H25BrN6O2/c1-4-7-10-24-20-13-16(27(5-2)6-3)8-9-19(20)25-26-21-15(14-23)11-17(28(29)30)12-18(21)22/h8-9,11-13,24H,4-7,10H2,1-3H3. The highest BCUT2D eigenvalue weighted by molar-refractivity contribution is 9.10. The summed E-state index contributed by atoms with van der Waals surface area (Å²) < 4.78 is 0.345. The minimum absolute atomic E-state index is 0.0834. The molecular weight excluding hydrogens is 448 g/mol. The summed E-state index contributed by atoms with van der Waals surface area (Å²) in [6.45, 7) is 8.95. The lowest BCUT2D eigenvalue weighted by Crippen LogP contribution is -2.21. The Kier molecular flexibility index (Phi) is 8.74. The van der Waals surface area contributed by atoms with E-state index in [0.717, 1.165) is 43.9 Å². The summed E-state index contributed by atoms with van der Waals surface area (Å²) in [7, 11) is 0. The van der Waals surface area contributed by atoms with Crippen molar-refractivity contribution in [3.05, 3.63) is 50.5 Å². The molecule has 0 saturated heterocycles. The zero-order chi connectivity index (χ0) is 22.1. The number of hydrogen-bond donors (Lipinski definition) is 1. The fraction of sp³-hybridized carbons (Fsp3) is 0.381. The molecule has 0 radical (unpaired) electrons. The van der Waals surface area contributed by atoms with Gasteiger partial charge in [0.2, 0.25) is 0 Å². The lowest BCUT2D eigenvalue weighted by Gasteiger charge is -2.22. The lowest BCUT2D eigenvalue weighted by molar-refractivity contribution is -0.384. The van der Waals surface area contributed by atoms with Gasteiger partial charge in [0, 0.05) is 37.5 Å². The molecule has 8 nitrogen and oxygen atoms in total. The predicted molar refractivity (Wildman–Crippen MR) is 123 cm³/mol. The average molecular weight is 473 g/mol. The zero-order valence-corrected chi connectivity index (χ0v) is 18.9. The number of non-ortho nitro benzene ring substituents is 1. The Morgan fingerprint density at radius 3 is 2.53 bits per heavy atom. The maximum atomic E-state index is 11.0. The molecule has 0 atom stereocenters. The number of rotatable bonds is 10. The summed E-state index contributed by atoms with van der Waals surface area (Å²) in [5.74, 6) is 0. The molecule has 0 spiro atoms. The van der Waals surface area contributed by atoms with E-state index in [-0.39, 0.29) is 16.9 Å². The van der Waals surface area contributed by atoms with Crippen LogP contribution in [0.2, 0.25) is 0 Å². The molecule has 0 fully saturated rings. The van der Waals surface area contributed by atoms with Gasteiger partial charge >= 0.3 is 0 Å². The highest BCUT2D eigenvalue weighted by atomic mass is 79.9. The molecule has 30 heavy (non-hydrogen) atoms. The molecule has 0 aromatic heterocycles. The van der Waals surface area contributed by atoms with Gasteiger partial charge in [-0.2, -0.15) is 5.26 Å². The first-order valence-electron chi connectivity index (χ1n) is 9.87. The number of nitro benzene ring substituents is 1. The molecule has 2 rings (SSSR count). The Bertz CT molecular complexity index is 967. The van der Waals surface area contributed by atoms with Crippen LogP contribution in [0.15, 0.2) is 45.0 Å². The highest BCUT2D eigenvalue weighted by Gasteiger charge is 2.16. The van der Waals surface area contributed by atoms with Gasteiger partial charge in [-0.15, -0.1) is 10.2 Å². The van der Waals surface area contributed by atoms with Crippen molar-refractivity contribution in [2.24, 2.45) is 10.2 Å². The quantitative estimate of drug-likeness (QED) is 0.179. The molecule has 2 aromatic rings. The second-order valence-corrected chi connectivity index (χ2v) is 7.40. The van der Waals surface area contributed by atoms with Crippen LogP contribution in [0.5, 0.6) is 0 Å². The van der Waals surface area contributed by atoms with Crippen LogP contribution in [-0.2, 0) is 0 Å². The molecule has 0 heterocycles. The Morgan fingerprint density at radius 1 is 1.20 bits per heavy atom. The van der Waals surface area contributed by atoms with Gasteiger partial charge in [-0.25, -0.2) is 0 Å². The van der Waals surface area contributed by atoms with Crippen molar-refractivity contribution in [1.82, 2.24) is 0 Å². The first kappa shape index (κ1) is 23.3. The number of halogens is 1. The molecule has 158 valence electrons. The summed E-state index contributed by atoms with van der Waals surface area (Å²) in [4.78, 5) is 12.7. The number of nitriles is 1. The zero-order valence-electron chi connectivity index (χ0n) is 17.4. The number of benzene rings is 2. The minimum atomic E-state index is -0.547. The van der Waals surface area contributed by atoms with Crippen LogP contribution in [-0.4, -0.2) is 24.6 Å². The monoisotopic (exact) mass is 472 g/mol. The van der Waals surface area contributed by atoms with Gasteiger partial charge in [0.1, 0.15) is 17.4 Å². The number of hydrogen-bond acceptors (Lipinski definition) is 7. The molecule has 0 bridgehead atoms. The number of azo groups is 1. The summed E-state index contributed by atoms with van der Waals surface area (Å²) in [5, 5.41) is 32.4. The van der Waals surface area contributed by atoms with E-state index in [1.165, 1.54) is 12.1 Å². The summed E-state index contributed by atoms with van der Waals surface area (Å²) in [5.41, 5.74) is 2.75. The van der Waals surface area contributed by atoms with E-state index in [0.29, 0.717) is 10.2 Å². The molecule has 0 aliphatic rings. The fourth-order valence-corrected chi connectivity index (χ4v) is 3.45. The van der Waals surface area contributed by atoms with Crippen LogP contribution in [0.1, 0.15) is 39.2 Å².